The molecule has 0 saturated heterocycles. The lowest BCUT2D eigenvalue weighted by atomic mass is 10.3. The normalized spacial score (nSPS) is 15.4. The van der Waals surface area contributed by atoms with Gasteiger partial charge in [0.05, 0.1) is 12.3 Å². The molecule has 122 valence electrons. The Morgan fingerprint density at radius 1 is 1.48 bits per heavy atom. The molecule has 1 aliphatic carbocycles. The lowest BCUT2D eigenvalue weighted by Crippen LogP contribution is -2.28. The number of anilines is 1. The van der Waals surface area contributed by atoms with Crippen molar-refractivity contribution in [2.24, 2.45) is 13.0 Å². The monoisotopic (exact) mass is 331 g/mol. The Balaban J connectivity index is 1.64. The first-order valence-electron chi connectivity index (χ1n) is 7.80. The van der Waals surface area contributed by atoms with Crippen LogP contribution in [0, 0.1) is 5.92 Å². The minimum absolute atomic E-state index is 0.112. The zero-order valence-electron chi connectivity index (χ0n) is 13.4. The third-order valence-electron chi connectivity index (χ3n) is 3.77. The molecule has 1 fully saturated rings. The van der Waals surface area contributed by atoms with Crippen molar-refractivity contribution in [1.29, 1.82) is 0 Å². The molecular weight excluding hydrogens is 310 g/mol. The first kappa shape index (κ1) is 16.1. The number of para-hydroxylation sites is 1. The van der Waals surface area contributed by atoms with Crippen LogP contribution in [0.1, 0.15) is 19.8 Å². The van der Waals surface area contributed by atoms with Crippen molar-refractivity contribution in [3.05, 3.63) is 36.7 Å². The van der Waals surface area contributed by atoms with Crippen molar-refractivity contribution in [3.8, 4) is 0 Å². The van der Waals surface area contributed by atoms with Gasteiger partial charge in [-0.1, -0.05) is 12.1 Å². The van der Waals surface area contributed by atoms with Crippen LogP contribution in [0.4, 0.5) is 5.69 Å². The molecule has 1 aromatic carbocycles. The Bertz CT molecular complexity index is 682. The highest BCUT2D eigenvalue weighted by Crippen LogP contribution is 2.32. The lowest BCUT2D eigenvalue weighted by molar-refractivity contribution is -0.126. The van der Waals surface area contributed by atoms with Crippen LogP contribution in [0.2, 0.25) is 0 Å². The Hall–Kier alpha value is -1.79. The maximum Gasteiger partial charge on any atom is 0.253 e. The summed E-state index contributed by atoms with van der Waals surface area (Å²) in [7, 11) is 1.95. The fraction of sp³-hybridized carbons (Fsp3) is 0.412. The summed E-state index contributed by atoms with van der Waals surface area (Å²) in [5, 5.41) is 3.84. The van der Waals surface area contributed by atoms with Crippen molar-refractivity contribution in [2.45, 2.75) is 35.9 Å². The Kier molecular flexibility index (Phi) is 5.03. The number of carbonyl (C=O) groups is 1. The summed E-state index contributed by atoms with van der Waals surface area (Å²) < 4.78 is 7.58. The summed E-state index contributed by atoms with van der Waals surface area (Å²) >= 11 is 1.53. The summed E-state index contributed by atoms with van der Waals surface area (Å²) in [6.45, 7) is 2.48. The van der Waals surface area contributed by atoms with E-state index in [0.29, 0.717) is 12.5 Å². The average Bonchev–Trinajstić information content (AvgIpc) is 3.29. The molecule has 1 aliphatic rings. The standard InChI is InChI=1S/C17H21N3O2S/c1-12(22-11-13-7-8-13)16(21)19-14-5-3-4-6-15(14)23-17-18-9-10-20(17)2/h3-6,9-10,12-13H,7-8,11H2,1-2H3,(H,19,21)/t12-/m0/s1. The Morgan fingerprint density at radius 3 is 2.96 bits per heavy atom. The van der Waals surface area contributed by atoms with E-state index in [9.17, 15) is 4.79 Å². The number of aryl methyl sites for hydroxylation is 1. The molecule has 0 bridgehead atoms. The number of amides is 1. The molecule has 0 radical (unpaired) electrons. The number of rotatable bonds is 7. The van der Waals surface area contributed by atoms with Gasteiger partial charge in [-0.2, -0.15) is 0 Å². The number of nitrogens with one attached hydrogen (secondary N) is 1. The molecule has 0 aliphatic heterocycles. The molecule has 1 aromatic heterocycles. The highest BCUT2D eigenvalue weighted by atomic mass is 32.2. The van der Waals surface area contributed by atoms with E-state index in [4.69, 9.17) is 4.74 Å². The quantitative estimate of drug-likeness (QED) is 0.845. The zero-order valence-corrected chi connectivity index (χ0v) is 14.2. The molecule has 1 N–H and O–H groups in total. The molecule has 5 nitrogen and oxygen atoms in total. The van der Waals surface area contributed by atoms with Gasteiger partial charge in [0, 0.05) is 24.3 Å². The molecule has 0 spiro atoms. The third kappa shape index (κ3) is 4.36. The number of hydrogen-bond acceptors (Lipinski definition) is 4. The predicted molar refractivity (Wildman–Crippen MR) is 90.5 cm³/mol. The second-order valence-electron chi connectivity index (χ2n) is 5.83. The van der Waals surface area contributed by atoms with Crippen LogP contribution >= 0.6 is 11.8 Å². The molecule has 1 atom stereocenters. The summed E-state index contributed by atoms with van der Waals surface area (Å²) in [6, 6.07) is 7.74. The maximum atomic E-state index is 12.3. The number of benzene rings is 1. The number of imidazole rings is 1. The van der Waals surface area contributed by atoms with Gasteiger partial charge in [-0.25, -0.2) is 4.98 Å². The molecule has 1 amide bonds. The van der Waals surface area contributed by atoms with Gasteiger partial charge in [-0.3, -0.25) is 4.79 Å². The number of nitrogens with zero attached hydrogens (tertiary/aromatic N) is 2. The van der Waals surface area contributed by atoms with E-state index in [1.165, 1.54) is 24.6 Å². The number of hydrogen-bond donors (Lipinski definition) is 1. The van der Waals surface area contributed by atoms with Crippen molar-refractivity contribution >= 4 is 23.4 Å². The van der Waals surface area contributed by atoms with Crippen LogP contribution in [0.5, 0.6) is 0 Å². The topological polar surface area (TPSA) is 56.1 Å². The molecular formula is C17H21N3O2S. The Morgan fingerprint density at radius 2 is 2.26 bits per heavy atom. The van der Waals surface area contributed by atoms with E-state index in [1.807, 2.05) is 42.1 Å². The molecule has 2 aromatic rings. The summed E-state index contributed by atoms with van der Waals surface area (Å²) in [6.07, 6.45) is 5.66. The van der Waals surface area contributed by atoms with Crippen molar-refractivity contribution in [3.63, 3.8) is 0 Å². The molecule has 3 rings (SSSR count). The Labute approximate surface area is 140 Å². The van der Waals surface area contributed by atoms with E-state index in [0.717, 1.165) is 15.7 Å². The second-order valence-corrected chi connectivity index (χ2v) is 6.84. The summed E-state index contributed by atoms with van der Waals surface area (Å²) in [5.74, 6) is 0.537. The highest BCUT2D eigenvalue weighted by molar-refractivity contribution is 7.99. The third-order valence-corrected chi connectivity index (χ3v) is 4.92. The van der Waals surface area contributed by atoms with Gasteiger partial charge < -0.3 is 14.6 Å². The molecule has 6 heteroatoms. The van der Waals surface area contributed by atoms with Gasteiger partial charge in [-0.15, -0.1) is 0 Å². The summed E-state index contributed by atoms with van der Waals surface area (Å²) in [5.41, 5.74) is 0.785. The van der Waals surface area contributed by atoms with Crippen LogP contribution in [-0.4, -0.2) is 28.2 Å². The van der Waals surface area contributed by atoms with Crippen LogP contribution in [-0.2, 0) is 16.6 Å². The van der Waals surface area contributed by atoms with Crippen molar-refractivity contribution in [1.82, 2.24) is 9.55 Å². The predicted octanol–water partition coefficient (Wildman–Crippen LogP) is 3.32. The molecule has 1 heterocycles. The molecule has 1 saturated carbocycles. The number of carbonyl (C=O) groups excluding carboxylic acids is 1. The fourth-order valence-corrected chi connectivity index (χ4v) is 2.97. The SMILES string of the molecule is C[C@H](OCC1CC1)C(=O)Nc1ccccc1Sc1nccn1C. The smallest absolute Gasteiger partial charge is 0.253 e. The van der Waals surface area contributed by atoms with Gasteiger partial charge in [0.15, 0.2) is 5.16 Å². The van der Waals surface area contributed by atoms with Gasteiger partial charge in [-0.05, 0) is 49.6 Å². The first-order valence-corrected chi connectivity index (χ1v) is 8.62. The first-order chi connectivity index (χ1) is 11.1. The summed E-state index contributed by atoms with van der Waals surface area (Å²) in [4.78, 5) is 17.6. The van der Waals surface area contributed by atoms with Crippen LogP contribution in [0.3, 0.4) is 0 Å². The van der Waals surface area contributed by atoms with Gasteiger partial charge >= 0.3 is 0 Å². The van der Waals surface area contributed by atoms with Gasteiger partial charge in [0.25, 0.3) is 5.91 Å². The van der Waals surface area contributed by atoms with E-state index < -0.39 is 6.10 Å². The second kappa shape index (κ2) is 7.19. The average molecular weight is 331 g/mol. The number of aromatic nitrogens is 2. The largest absolute Gasteiger partial charge is 0.368 e. The van der Waals surface area contributed by atoms with E-state index in [2.05, 4.69) is 10.3 Å². The van der Waals surface area contributed by atoms with Crippen molar-refractivity contribution in [2.75, 3.05) is 11.9 Å². The van der Waals surface area contributed by atoms with E-state index in [1.54, 1.807) is 13.1 Å². The minimum Gasteiger partial charge on any atom is -0.368 e. The van der Waals surface area contributed by atoms with Gasteiger partial charge in [0.1, 0.15) is 6.10 Å². The van der Waals surface area contributed by atoms with Crippen LogP contribution < -0.4 is 5.32 Å². The van der Waals surface area contributed by atoms with Gasteiger partial charge in [0.2, 0.25) is 0 Å². The van der Waals surface area contributed by atoms with Crippen LogP contribution in [0.25, 0.3) is 0 Å². The van der Waals surface area contributed by atoms with E-state index >= 15 is 0 Å². The zero-order chi connectivity index (χ0) is 16.2. The van der Waals surface area contributed by atoms with Crippen LogP contribution in [0.15, 0.2) is 46.7 Å². The highest BCUT2D eigenvalue weighted by Gasteiger charge is 2.24. The maximum absolute atomic E-state index is 12.3. The van der Waals surface area contributed by atoms with Crippen molar-refractivity contribution < 1.29 is 9.53 Å². The fourth-order valence-electron chi connectivity index (χ4n) is 2.08. The lowest BCUT2D eigenvalue weighted by Gasteiger charge is -2.15. The van der Waals surface area contributed by atoms with E-state index in [-0.39, 0.29) is 5.91 Å². The minimum atomic E-state index is -0.443. The number of ether oxygens (including phenoxy) is 1. The molecule has 23 heavy (non-hydrogen) atoms. The molecule has 0 unspecified atom stereocenters.